The summed E-state index contributed by atoms with van der Waals surface area (Å²) in [6.45, 7) is 11.0. The minimum Gasteiger partial charge on any atom is -0.463 e. The summed E-state index contributed by atoms with van der Waals surface area (Å²) in [6, 6.07) is 8.58. The van der Waals surface area contributed by atoms with E-state index in [9.17, 15) is 111 Å². The molecule has 0 bridgehead atoms. The van der Waals surface area contributed by atoms with Crippen LogP contribution in [0.15, 0.2) is 48.1 Å². The van der Waals surface area contributed by atoms with Gasteiger partial charge in [0.2, 0.25) is 6.29 Å². The molecule has 0 spiro atoms. The maximum absolute atomic E-state index is 15.7. The summed E-state index contributed by atoms with van der Waals surface area (Å²) in [5.74, 6) is -4.31. The number of rotatable bonds is 25. The quantitative estimate of drug-likeness (QED) is 0.0143. The fourth-order valence-electron chi connectivity index (χ4n) is 22.6. The molecule has 1 aromatic rings. The summed E-state index contributed by atoms with van der Waals surface area (Å²) in [5, 5.41) is 216. The Balaban J connectivity index is 0.602. The molecule has 0 amide bonds. The Morgan fingerprint density at radius 1 is 0.477 bits per heavy atom. The van der Waals surface area contributed by atoms with Gasteiger partial charge in [-0.1, -0.05) is 90.4 Å². The van der Waals surface area contributed by atoms with Crippen molar-refractivity contribution in [1.82, 2.24) is 0 Å². The van der Waals surface area contributed by atoms with Crippen LogP contribution in [0.3, 0.4) is 0 Å². The number of benzene rings is 1. The molecule has 8 aliphatic heterocycles. The summed E-state index contributed by atoms with van der Waals surface area (Å²) >= 11 is 0. The van der Waals surface area contributed by atoms with E-state index in [0.29, 0.717) is 50.5 Å². The van der Waals surface area contributed by atoms with Crippen LogP contribution in [-0.2, 0) is 109 Å². The van der Waals surface area contributed by atoms with E-state index in [4.69, 9.17) is 90.0 Å². The molecule has 34 unspecified atom stereocenters. The molecule has 4 saturated carbocycles. The normalized spacial score (nSPS) is 48.9. The highest BCUT2D eigenvalue weighted by molar-refractivity contribution is 5.87. The van der Waals surface area contributed by atoms with Gasteiger partial charge in [0.05, 0.1) is 65.1 Å². The third-order valence-electron chi connectivity index (χ3n) is 30.1. The highest BCUT2D eigenvalue weighted by Gasteiger charge is 2.73. The lowest BCUT2D eigenvalue weighted by Crippen LogP contribution is -2.68. The van der Waals surface area contributed by atoms with Crippen LogP contribution >= 0.6 is 0 Å². The Kier molecular flexibility index (Phi) is 30.3. The lowest BCUT2D eigenvalue weighted by Gasteiger charge is -2.71. The second kappa shape index (κ2) is 39.1. The number of hydrogen-bond acceptors (Lipinski definition) is 42. The molecule has 0 radical (unpaired) electrons. The van der Waals surface area contributed by atoms with Gasteiger partial charge in [0.1, 0.15) is 152 Å². The Bertz CT molecular complexity index is 4010. The van der Waals surface area contributed by atoms with Gasteiger partial charge in [-0.3, -0.25) is 14.4 Å². The first-order valence-electron chi connectivity index (χ1n) is 43.9. The second-order valence-electron chi connectivity index (χ2n) is 38.9. The van der Waals surface area contributed by atoms with Crippen molar-refractivity contribution in [2.24, 2.45) is 50.2 Å². The maximum atomic E-state index is 15.7. The van der Waals surface area contributed by atoms with Crippen molar-refractivity contribution >= 4 is 30.0 Å². The van der Waals surface area contributed by atoms with E-state index in [1.165, 1.54) is 6.08 Å². The molecule has 12 fully saturated rings. The van der Waals surface area contributed by atoms with Crippen LogP contribution in [0.1, 0.15) is 126 Å². The van der Waals surface area contributed by atoms with Crippen LogP contribution in [0.2, 0.25) is 0 Å². The molecule has 19 N–H and O–H groups in total. The molecule has 5 aliphatic carbocycles. The van der Waals surface area contributed by atoms with E-state index in [1.54, 1.807) is 30.3 Å². The van der Waals surface area contributed by atoms with Gasteiger partial charge >= 0.3 is 23.9 Å². The maximum Gasteiger partial charge on any atom is 0.331 e. The van der Waals surface area contributed by atoms with Crippen molar-refractivity contribution in [2.75, 3.05) is 59.5 Å². The van der Waals surface area contributed by atoms with Gasteiger partial charge < -0.3 is 187 Å². The summed E-state index contributed by atoms with van der Waals surface area (Å²) in [4.78, 5) is 53.1. The number of aliphatic hydroxyl groups excluding tert-OH is 18. The van der Waals surface area contributed by atoms with E-state index in [-0.39, 0.29) is 30.1 Å². The predicted molar refractivity (Wildman–Crippen MR) is 423 cm³/mol. The number of ether oxygens (including phenoxy) is 19. The number of allylic oxidation sites excluding steroid dienone is 2. The van der Waals surface area contributed by atoms with Crippen molar-refractivity contribution in [3.63, 3.8) is 0 Å². The summed E-state index contributed by atoms with van der Waals surface area (Å²) in [6.07, 6.45) is -52.0. The highest BCUT2D eigenvalue weighted by atomic mass is 16.8. The van der Waals surface area contributed by atoms with E-state index in [1.807, 2.05) is 0 Å². The Morgan fingerprint density at radius 3 is 1.70 bits per heavy atom. The summed E-state index contributed by atoms with van der Waals surface area (Å²) in [5.41, 5.74) is -4.88. The molecular weight excluding hydrogens is 1700 g/mol. The largest absolute Gasteiger partial charge is 0.463 e. The van der Waals surface area contributed by atoms with Crippen LogP contribution in [0.4, 0.5) is 0 Å². The lowest BCUT2D eigenvalue weighted by atomic mass is 9.33. The third kappa shape index (κ3) is 18.8. The van der Waals surface area contributed by atoms with Crippen molar-refractivity contribution in [2.45, 2.75) is 341 Å². The number of esters is 4. The zero-order valence-corrected chi connectivity index (χ0v) is 72.7. The minimum absolute atomic E-state index is 0.0225. The average Bonchev–Trinajstić information content (AvgIpc) is 0.678. The molecule has 13 aliphatic rings. The molecule has 42 heteroatoms. The second-order valence-corrected chi connectivity index (χ2v) is 38.9. The van der Waals surface area contributed by atoms with Gasteiger partial charge in [-0.2, -0.15) is 0 Å². The fraction of sp³-hybridized carbons (Fsp3) is 0.837. The Hall–Kier alpha value is -4.78. The average molecular weight is 1830 g/mol. The van der Waals surface area contributed by atoms with Crippen LogP contribution in [0.5, 0.6) is 0 Å². The predicted octanol–water partition coefficient (Wildman–Crippen LogP) is -5.16. The Morgan fingerprint density at radius 2 is 1.05 bits per heavy atom. The van der Waals surface area contributed by atoms with E-state index >= 15 is 4.79 Å². The molecule has 43 atom stereocenters. The first kappa shape index (κ1) is 99.2. The molecule has 14 rings (SSSR count). The van der Waals surface area contributed by atoms with Gasteiger partial charge in [-0.15, -0.1) is 0 Å². The Labute approximate surface area is 737 Å². The van der Waals surface area contributed by atoms with Gasteiger partial charge in [0, 0.05) is 19.9 Å². The molecule has 8 heterocycles. The summed E-state index contributed by atoms with van der Waals surface area (Å²) in [7, 11) is 0. The van der Waals surface area contributed by atoms with Gasteiger partial charge in [0.25, 0.3) is 0 Å². The van der Waals surface area contributed by atoms with Crippen LogP contribution in [-0.4, -0.2) is 401 Å². The number of carbonyl (C=O) groups excluding carboxylic acids is 4. The first-order chi connectivity index (χ1) is 60.4. The van der Waals surface area contributed by atoms with E-state index < -0.39 is 337 Å². The van der Waals surface area contributed by atoms with Crippen molar-refractivity contribution in [3.8, 4) is 0 Å². The van der Waals surface area contributed by atoms with Crippen molar-refractivity contribution in [3.05, 3.63) is 53.6 Å². The number of carbonyl (C=O) groups is 4. The molecule has 0 aromatic heterocycles. The number of aliphatic hydroxyl groups is 19. The van der Waals surface area contributed by atoms with Crippen LogP contribution in [0.25, 0.3) is 6.08 Å². The number of hydrogen-bond donors (Lipinski definition) is 19. The zero-order valence-electron chi connectivity index (χ0n) is 72.7. The van der Waals surface area contributed by atoms with Gasteiger partial charge in [-0.05, 0) is 114 Å². The molecule has 724 valence electrons. The molecule has 1 aromatic carbocycles. The molecule has 8 saturated heterocycles. The molecule has 42 nitrogen and oxygen atoms in total. The monoisotopic (exact) mass is 1830 g/mol. The minimum atomic E-state index is -2.13. The van der Waals surface area contributed by atoms with Gasteiger partial charge in [0.15, 0.2) is 62.3 Å². The summed E-state index contributed by atoms with van der Waals surface area (Å²) < 4.78 is 112. The smallest absolute Gasteiger partial charge is 0.331 e. The first-order valence-corrected chi connectivity index (χ1v) is 43.9. The van der Waals surface area contributed by atoms with Crippen LogP contribution < -0.4 is 0 Å². The zero-order chi connectivity index (χ0) is 92.7. The third-order valence-corrected chi connectivity index (χ3v) is 30.1. The van der Waals surface area contributed by atoms with Gasteiger partial charge in [-0.25, -0.2) is 4.79 Å². The van der Waals surface area contributed by atoms with Crippen LogP contribution in [0, 0.1) is 50.2 Å². The van der Waals surface area contributed by atoms with E-state index in [2.05, 4.69) is 54.5 Å². The molecular formula is C86H128O42. The molecule has 128 heavy (non-hydrogen) atoms. The SMILES string of the molecule is CC(=O)OCC1OC(OC2COC(OC3COC(OC4C(OC5C(CO)OC(O[C@H]6CC[C@]7(C)[C@H]8CC=C9[C@@H]%10CC(C)(C)CC[C@]%10(C(=O)OC%10OC(CO)C(O)C(O)C%10OC%10OCC(O)C(OC%11OCC(O)(CO)C%11O)C%10O)[C@H](O)C[C@@]9(C)[C@]8(C)CC[C@H]7C6(C)C)C(O)C5O)OCC(O)C4O)C(O)C3O)C(O)C2O)C(OC(=O)/C=C/c2ccccc2)C(O)C1OC(C)=O. The van der Waals surface area contributed by atoms with E-state index in [0.717, 1.165) is 25.5 Å². The highest BCUT2D eigenvalue weighted by Crippen LogP contribution is 2.76. The topological polar surface area (TPSA) is 628 Å². The fourth-order valence-corrected chi connectivity index (χ4v) is 22.6. The number of fused-ring (bicyclic) bond motifs is 7. The van der Waals surface area contributed by atoms with Crippen molar-refractivity contribution < 1.29 is 206 Å². The standard InChI is InChI=1S/C86H128O42/c1-36(90)110-33-47-66(116-37(2)91)62(105)69(123-52(95)18-15-38-13-11-10-12-14-38)76(121-47)120-46-32-113-71(59(102)56(46)99)119-45-31-114-72(60(103)55(45)98)126-67-53(96)41(92)29-112-75(67)125-65-44(28-88)118-74(61(104)58(65)101)122-51-20-21-82(7)48(81(51,5)6)19-22-83(8)49(82)17-16-39-40-25-80(3,4)23-24-86(40,50(94)26-84(39,83)9)79(108)128-77-68(57(100)54(97)43(27-87)117-77)127-73-63(106)64(42(93)30-111-73)124-78-70(107)85(109,34-89)35-115-78/h10-16,18,40-51,53-78,87-89,92-94,96-107,109H,17,19-35H2,1-9H3/b18-15+/t40-,41?,42?,43?,44?,45?,46?,47?,48-,49+,50+,51-,53?,54?,55?,56?,57?,58?,59?,60?,61?,62?,63?,64?,65?,66?,67?,68?,69?,70?,71?,72?,73?,74?,75?,76?,77?,78?,82-,83+,84+,85?,86+/m0/s1. The lowest BCUT2D eigenvalue weighted by molar-refractivity contribution is -0.383. The van der Waals surface area contributed by atoms with Crippen molar-refractivity contribution in [1.29, 1.82) is 0 Å².